The highest BCUT2D eigenvalue weighted by molar-refractivity contribution is 5.74. The molecule has 5 nitrogen and oxygen atoms in total. The average molecular weight is 316 g/mol. The highest BCUT2D eigenvalue weighted by Crippen LogP contribution is 2.31. The minimum absolute atomic E-state index is 0.603. The molecule has 1 aliphatic rings. The predicted molar refractivity (Wildman–Crippen MR) is 92.0 cm³/mol. The third kappa shape index (κ3) is 2.59. The molecular weight excluding hydrogens is 300 g/mol. The van der Waals surface area contributed by atoms with Gasteiger partial charge in [0.15, 0.2) is 0 Å². The Morgan fingerprint density at radius 2 is 1.79 bits per heavy atom. The molecule has 2 heterocycles. The number of hydrogen-bond acceptors (Lipinski definition) is 4. The largest absolute Gasteiger partial charge is 0.457 e. The van der Waals surface area contributed by atoms with Crippen molar-refractivity contribution in [1.29, 1.82) is 5.26 Å². The number of nitrogens with one attached hydrogen (secondary N) is 1. The first-order valence-electron chi connectivity index (χ1n) is 7.93. The van der Waals surface area contributed by atoms with Crippen LogP contribution < -0.4 is 10.1 Å². The summed E-state index contributed by atoms with van der Waals surface area (Å²) in [5.74, 6) is 2.37. The molecule has 3 aromatic rings. The van der Waals surface area contributed by atoms with Gasteiger partial charge in [0.2, 0.25) is 0 Å². The Bertz CT molecular complexity index is 892. The van der Waals surface area contributed by atoms with E-state index >= 15 is 0 Å². The van der Waals surface area contributed by atoms with Crippen LogP contribution in [-0.2, 0) is 6.54 Å². The van der Waals surface area contributed by atoms with E-state index in [0.29, 0.717) is 11.3 Å². The van der Waals surface area contributed by atoms with E-state index in [9.17, 15) is 5.26 Å². The standard InChI is InChI=1S/C19H16N4O/c20-13-17-18(22-23-12-4-11-21-19(17)23)14-7-9-16(10-8-14)24-15-5-2-1-3-6-15/h1-3,5-10,21H,4,11-12H2. The minimum atomic E-state index is 0.603. The zero-order valence-electron chi connectivity index (χ0n) is 13.1. The van der Waals surface area contributed by atoms with Gasteiger partial charge >= 0.3 is 0 Å². The number of para-hydroxylation sites is 1. The molecule has 1 aliphatic heterocycles. The molecule has 2 aromatic carbocycles. The molecule has 0 amide bonds. The summed E-state index contributed by atoms with van der Waals surface area (Å²) in [6.07, 6.45) is 1.02. The van der Waals surface area contributed by atoms with E-state index in [1.54, 1.807) is 0 Å². The van der Waals surface area contributed by atoms with E-state index in [-0.39, 0.29) is 0 Å². The molecule has 5 heteroatoms. The summed E-state index contributed by atoms with van der Waals surface area (Å²) in [6.45, 7) is 1.72. The van der Waals surface area contributed by atoms with Gasteiger partial charge in [0, 0.05) is 18.7 Å². The van der Waals surface area contributed by atoms with E-state index in [0.717, 1.165) is 42.4 Å². The highest BCUT2D eigenvalue weighted by atomic mass is 16.5. The molecule has 0 atom stereocenters. The third-order valence-corrected chi connectivity index (χ3v) is 4.01. The first-order valence-corrected chi connectivity index (χ1v) is 7.93. The van der Waals surface area contributed by atoms with E-state index < -0.39 is 0 Å². The lowest BCUT2D eigenvalue weighted by Gasteiger charge is -2.14. The first-order chi connectivity index (χ1) is 11.8. The van der Waals surface area contributed by atoms with Crippen LogP contribution >= 0.6 is 0 Å². The fraction of sp³-hybridized carbons (Fsp3) is 0.158. The SMILES string of the molecule is N#Cc1c(-c2ccc(Oc3ccccc3)cc2)nn2c1NCCC2. The van der Waals surface area contributed by atoms with Gasteiger partial charge in [0.1, 0.15) is 34.6 Å². The zero-order chi connectivity index (χ0) is 16.4. The Labute approximate surface area is 140 Å². The Balaban J connectivity index is 1.64. The Kier molecular flexibility index (Phi) is 3.64. The summed E-state index contributed by atoms with van der Waals surface area (Å²) < 4.78 is 7.68. The fourth-order valence-electron chi connectivity index (χ4n) is 2.85. The molecule has 118 valence electrons. The van der Waals surface area contributed by atoms with Gasteiger partial charge in [-0.25, -0.2) is 4.68 Å². The van der Waals surface area contributed by atoms with Gasteiger partial charge in [0.05, 0.1) is 0 Å². The molecule has 0 saturated carbocycles. The van der Waals surface area contributed by atoms with Gasteiger partial charge in [-0.05, 0) is 42.8 Å². The van der Waals surface area contributed by atoms with Gasteiger partial charge < -0.3 is 10.1 Å². The second-order valence-electron chi connectivity index (χ2n) is 5.63. The molecule has 1 N–H and O–H groups in total. The number of hydrogen-bond donors (Lipinski definition) is 1. The number of fused-ring (bicyclic) bond motifs is 1. The second-order valence-corrected chi connectivity index (χ2v) is 5.63. The van der Waals surface area contributed by atoms with Gasteiger partial charge in [-0.2, -0.15) is 10.4 Å². The number of nitriles is 1. The Morgan fingerprint density at radius 1 is 1.04 bits per heavy atom. The summed E-state index contributed by atoms with van der Waals surface area (Å²) in [7, 11) is 0. The van der Waals surface area contributed by atoms with Crippen LogP contribution in [-0.4, -0.2) is 16.3 Å². The van der Waals surface area contributed by atoms with Gasteiger partial charge in [-0.3, -0.25) is 0 Å². The molecule has 24 heavy (non-hydrogen) atoms. The number of anilines is 1. The van der Waals surface area contributed by atoms with Crippen molar-refractivity contribution in [3.05, 3.63) is 60.2 Å². The Morgan fingerprint density at radius 3 is 2.54 bits per heavy atom. The summed E-state index contributed by atoms with van der Waals surface area (Å²) >= 11 is 0. The number of benzene rings is 2. The molecule has 1 aromatic heterocycles. The maximum absolute atomic E-state index is 9.51. The van der Waals surface area contributed by atoms with E-state index in [4.69, 9.17) is 4.74 Å². The van der Waals surface area contributed by atoms with Crippen LogP contribution in [0.5, 0.6) is 11.5 Å². The van der Waals surface area contributed by atoms with Crippen molar-refractivity contribution in [3.63, 3.8) is 0 Å². The van der Waals surface area contributed by atoms with Crippen LogP contribution in [0.3, 0.4) is 0 Å². The van der Waals surface area contributed by atoms with Crippen LogP contribution in [0.25, 0.3) is 11.3 Å². The first kappa shape index (κ1) is 14.3. The van der Waals surface area contributed by atoms with Crippen molar-refractivity contribution in [2.75, 3.05) is 11.9 Å². The van der Waals surface area contributed by atoms with Crippen LogP contribution in [0.1, 0.15) is 12.0 Å². The van der Waals surface area contributed by atoms with Crippen molar-refractivity contribution in [2.24, 2.45) is 0 Å². The van der Waals surface area contributed by atoms with Crippen molar-refractivity contribution < 1.29 is 4.74 Å². The van der Waals surface area contributed by atoms with Crippen LogP contribution in [0.4, 0.5) is 5.82 Å². The lowest BCUT2D eigenvalue weighted by molar-refractivity contribution is 0.483. The number of rotatable bonds is 3. The van der Waals surface area contributed by atoms with Crippen molar-refractivity contribution >= 4 is 5.82 Å². The minimum Gasteiger partial charge on any atom is -0.457 e. The number of aromatic nitrogens is 2. The zero-order valence-corrected chi connectivity index (χ0v) is 13.1. The van der Waals surface area contributed by atoms with E-state index in [1.807, 2.05) is 59.3 Å². The van der Waals surface area contributed by atoms with Crippen molar-refractivity contribution in [2.45, 2.75) is 13.0 Å². The molecule has 0 radical (unpaired) electrons. The molecule has 0 spiro atoms. The summed E-state index contributed by atoms with van der Waals surface area (Å²) in [6, 6.07) is 19.6. The molecular formula is C19H16N4O. The molecule has 0 bridgehead atoms. The lowest BCUT2D eigenvalue weighted by atomic mass is 10.1. The van der Waals surface area contributed by atoms with Gasteiger partial charge in [-0.1, -0.05) is 18.2 Å². The van der Waals surface area contributed by atoms with E-state index in [2.05, 4.69) is 16.5 Å². The normalized spacial score (nSPS) is 12.8. The monoisotopic (exact) mass is 316 g/mol. The third-order valence-electron chi connectivity index (χ3n) is 4.01. The lowest BCUT2D eigenvalue weighted by Crippen LogP contribution is -2.17. The molecule has 4 rings (SSSR count). The van der Waals surface area contributed by atoms with Crippen LogP contribution in [0.15, 0.2) is 54.6 Å². The topological polar surface area (TPSA) is 62.9 Å². The van der Waals surface area contributed by atoms with E-state index in [1.165, 1.54) is 0 Å². The molecule has 0 unspecified atom stereocenters. The summed E-state index contributed by atoms with van der Waals surface area (Å²) in [5, 5.41) is 17.4. The van der Waals surface area contributed by atoms with Crippen LogP contribution in [0, 0.1) is 11.3 Å². The summed E-state index contributed by atoms with van der Waals surface area (Å²) in [5.41, 5.74) is 2.23. The predicted octanol–water partition coefficient (Wildman–Crippen LogP) is 4.03. The maximum Gasteiger partial charge on any atom is 0.143 e. The average Bonchev–Trinajstić information content (AvgIpc) is 3.02. The molecule has 0 fully saturated rings. The highest BCUT2D eigenvalue weighted by Gasteiger charge is 2.21. The quantitative estimate of drug-likeness (QED) is 0.792. The van der Waals surface area contributed by atoms with Crippen LogP contribution in [0.2, 0.25) is 0 Å². The number of aryl methyl sites for hydroxylation is 1. The molecule has 0 aliphatic carbocycles. The number of ether oxygens (including phenoxy) is 1. The van der Waals surface area contributed by atoms with Gasteiger partial charge in [0.25, 0.3) is 0 Å². The maximum atomic E-state index is 9.51. The fourth-order valence-corrected chi connectivity index (χ4v) is 2.85. The summed E-state index contributed by atoms with van der Waals surface area (Å²) in [4.78, 5) is 0. The van der Waals surface area contributed by atoms with Crippen molar-refractivity contribution in [1.82, 2.24) is 9.78 Å². The Hall–Kier alpha value is -3.26. The van der Waals surface area contributed by atoms with Crippen molar-refractivity contribution in [3.8, 4) is 28.8 Å². The van der Waals surface area contributed by atoms with Gasteiger partial charge in [-0.15, -0.1) is 0 Å². The second kappa shape index (κ2) is 6.09. The number of nitrogens with zero attached hydrogens (tertiary/aromatic N) is 3. The smallest absolute Gasteiger partial charge is 0.143 e. The molecule has 0 saturated heterocycles.